The molecular formula is C21H23N3O5. The van der Waals surface area contributed by atoms with Crippen molar-refractivity contribution in [2.75, 3.05) is 33.3 Å². The van der Waals surface area contributed by atoms with Gasteiger partial charge in [-0.25, -0.2) is 0 Å². The van der Waals surface area contributed by atoms with Gasteiger partial charge in [-0.15, -0.1) is 0 Å². The largest absolute Gasteiger partial charge is 0.497 e. The van der Waals surface area contributed by atoms with E-state index < -0.39 is 18.6 Å². The Morgan fingerprint density at radius 3 is 2.31 bits per heavy atom. The smallest absolute Gasteiger partial charge is 0.243 e. The summed E-state index contributed by atoms with van der Waals surface area (Å²) in [6, 6.07) is 11.3. The summed E-state index contributed by atoms with van der Waals surface area (Å²) in [5, 5.41) is 21.0. The van der Waals surface area contributed by atoms with Crippen LogP contribution in [0.1, 0.15) is 11.1 Å². The lowest BCUT2D eigenvalue weighted by Gasteiger charge is -2.16. The molecule has 0 saturated heterocycles. The zero-order chi connectivity index (χ0) is 21.4. The second-order valence-electron chi connectivity index (χ2n) is 5.98. The Bertz CT molecular complexity index is 928. The van der Waals surface area contributed by atoms with E-state index in [0.717, 1.165) is 0 Å². The number of rotatable bonds is 8. The summed E-state index contributed by atoms with van der Waals surface area (Å²) in [6.45, 7) is -0.489. The number of benzene rings is 2. The maximum absolute atomic E-state index is 12.1. The molecule has 2 aromatic rings. The quantitative estimate of drug-likeness (QED) is 0.581. The van der Waals surface area contributed by atoms with Crippen LogP contribution in [0.3, 0.4) is 0 Å². The van der Waals surface area contributed by atoms with Gasteiger partial charge in [0.25, 0.3) is 0 Å². The van der Waals surface area contributed by atoms with Gasteiger partial charge in [-0.1, -0.05) is 6.07 Å². The van der Waals surface area contributed by atoms with Crippen LogP contribution in [-0.2, 0) is 4.79 Å². The van der Waals surface area contributed by atoms with Crippen LogP contribution in [0, 0.1) is 11.3 Å². The molecule has 0 fully saturated rings. The monoisotopic (exact) mass is 397 g/mol. The number of carbonyl (C=O) groups excluding carboxylic acids is 1. The van der Waals surface area contributed by atoms with Crippen molar-refractivity contribution in [1.29, 1.82) is 5.26 Å². The summed E-state index contributed by atoms with van der Waals surface area (Å²) < 4.78 is 15.9. The van der Waals surface area contributed by atoms with Crippen molar-refractivity contribution in [2.45, 2.75) is 6.04 Å². The van der Waals surface area contributed by atoms with Gasteiger partial charge in [0.05, 0.1) is 39.7 Å². The number of carbonyl (C=O) groups is 1. The van der Waals surface area contributed by atoms with Crippen LogP contribution < -0.4 is 25.3 Å². The number of hydrogen-bond acceptors (Lipinski definition) is 7. The van der Waals surface area contributed by atoms with Gasteiger partial charge in [0.15, 0.2) is 0 Å². The van der Waals surface area contributed by atoms with Gasteiger partial charge >= 0.3 is 0 Å². The summed E-state index contributed by atoms with van der Waals surface area (Å²) >= 11 is 0. The van der Waals surface area contributed by atoms with E-state index in [-0.39, 0.29) is 0 Å². The number of aliphatic hydroxyl groups is 1. The number of nitrogens with one attached hydrogen (secondary N) is 1. The Balaban J connectivity index is 2.55. The molecule has 1 amide bonds. The van der Waals surface area contributed by atoms with Crippen LogP contribution in [0.4, 0.5) is 5.69 Å². The number of methoxy groups -OCH3 is 3. The van der Waals surface area contributed by atoms with Crippen molar-refractivity contribution in [2.24, 2.45) is 5.73 Å². The molecule has 2 rings (SSSR count). The molecule has 152 valence electrons. The average Bonchev–Trinajstić information content (AvgIpc) is 2.76. The first kappa shape index (κ1) is 21.8. The Morgan fingerprint density at radius 2 is 1.79 bits per heavy atom. The molecule has 0 heterocycles. The number of nitrogens with two attached hydrogens (primary N) is 1. The Kier molecular flexibility index (Phi) is 7.60. The molecule has 8 heteroatoms. The fourth-order valence-corrected chi connectivity index (χ4v) is 2.64. The number of nitrogens with zero attached hydrogens (tertiary/aromatic N) is 1. The SMILES string of the molecule is COc1cc(OC)cc(/C(=C/C#N)c2ccc(OC)c(NC(=O)C(N)CO)c2)c1. The van der Waals surface area contributed by atoms with E-state index in [1.165, 1.54) is 27.4 Å². The highest BCUT2D eigenvalue weighted by atomic mass is 16.5. The van der Waals surface area contributed by atoms with E-state index in [4.69, 9.17) is 25.1 Å². The molecule has 8 nitrogen and oxygen atoms in total. The van der Waals surface area contributed by atoms with E-state index >= 15 is 0 Å². The Morgan fingerprint density at radius 1 is 1.14 bits per heavy atom. The van der Waals surface area contributed by atoms with Crippen molar-refractivity contribution < 1.29 is 24.1 Å². The number of nitriles is 1. The molecule has 0 aliphatic carbocycles. The molecule has 0 saturated carbocycles. The maximum Gasteiger partial charge on any atom is 0.243 e. The molecule has 1 unspecified atom stereocenters. The first-order chi connectivity index (χ1) is 14.0. The van der Waals surface area contributed by atoms with Crippen LogP contribution in [0.5, 0.6) is 17.2 Å². The minimum Gasteiger partial charge on any atom is -0.497 e. The van der Waals surface area contributed by atoms with Crippen LogP contribution >= 0.6 is 0 Å². The number of ether oxygens (including phenoxy) is 3. The summed E-state index contributed by atoms with van der Waals surface area (Å²) in [6.07, 6.45) is 1.39. The Hall–Kier alpha value is -3.54. The fraction of sp³-hybridized carbons (Fsp3) is 0.238. The van der Waals surface area contributed by atoms with Crippen LogP contribution in [0.25, 0.3) is 5.57 Å². The van der Waals surface area contributed by atoms with Gasteiger partial charge < -0.3 is 30.4 Å². The molecule has 29 heavy (non-hydrogen) atoms. The topological polar surface area (TPSA) is 127 Å². The van der Waals surface area contributed by atoms with Gasteiger partial charge in [-0.05, 0) is 41.0 Å². The standard InChI is InChI=1S/C21H23N3O5/c1-27-15-8-14(9-16(11-15)28-2)17(6-7-22)13-4-5-20(29-3)19(10-13)24-21(26)18(23)12-25/h4-6,8-11,18,25H,12,23H2,1-3H3,(H,24,26)/b17-6+. The first-order valence-electron chi connectivity index (χ1n) is 8.66. The molecule has 0 radical (unpaired) electrons. The minimum atomic E-state index is -1.07. The highest BCUT2D eigenvalue weighted by Crippen LogP contribution is 2.34. The van der Waals surface area contributed by atoms with E-state index in [0.29, 0.717) is 39.6 Å². The van der Waals surface area contributed by atoms with Crippen molar-refractivity contribution in [3.05, 3.63) is 53.6 Å². The van der Waals surface area contributed by atoms with Crippen LogP contribution in [-0.4, -0.2) is 45.0 Å². The fourth-order valence-electron chi connectivity index (χ4n) is 2.64. The van der Waals surface area contributed by atoms with Crippen molar-refractivity contribution in [1.82, 2.24) is 0 Å². The van der Waals surface area contributed by atoms with Crippen molar-refractivity contribution in [3.8, 4) is 23.3 Å². The lowest BCUT2D eigenvalue weighted by molar-refractivity contribution is -0.118. The number of aliphatic hydroxyl groups excluding tert-OH is 1. The lowest BCUT2D eigenvalue weighted by atomic mass is 9.96. The summed E-state index contributed by atoms with van der Waals surface area (Å²) in [7, 11) is 4.55. The third kappa shape index (κ3) is 5.25. The molecule has 4 N–H and O–H groups in total. The molecule has 0 aromatic heterocycles. The van der Waals surface area contributed by atoms with Crippen LogP contribution in [0.2, 0.25) is 0 Å². The number of allylic oxidation sites excluding steroid dienone is 1. The van der Waals surface area contributed by atoms with Crippen molar-refractivity contribution >= 4 is 17.2 Å². The summed E-state index contributed by atoms with van der Waals surface area (Å²) in [5.41, 5.74) is 7.86. The number of anilines is 1. The third-order valence-electron chi connectivity index (χ3n) is 4.17. The maximum atomic E-state index is 12.1. The normalized spacial score (nSPS) is 11.9. The molecule has 2 aromatic carbocycles. The first-order valence-corrected chi connectivity index (χ1v) is 8.66. The van der Waals surface area contributed by atoms with E-state index in [1.807, 2.05) is 6.07 Å². The predicted molar refractivity (Wildman–Crippen MR) is 109 cm³/mol. The van der Waals surface area contributed by atoms with E-state index in [1.54, 1.807) is 36.4 Å². The minimum absolute atomic E-state index is 0.359. The molecular weight excluding hydrogens is 374 g/mol. The molecule has 0 aliphatic rings. The molecule has 1 atom stereocenters. The second-order valence-corrected chi connectivity index (χ2v) is 5.98. The van der Waals surface area contributed by atoms with Crippen molar-refractivity contribution in [3.63, 3.8) is 0 Å². The van der Waals surface area contributed by atoms with E-state index in [2.05, 4.69) is 5.32 Å². The van der Waals surface area contributed by atoms with Gasteiger partial charge in [0.1, 0.15) is 23.3 Å². The van der Waals surface area contributed by atoms with Gasteiger partial charge in [-0.2, -0.15) is 5.26 Å². The zero-order valence-corrected chi connectivity index (χ0v) is 16.4. The highest BCUT2D eigenvalue weighted by Gasteiger charge is 2.17. The lowest BCUT2D eigenvalue weighted by Crippen LogP contribution is -2.38. The third-order valence-corrected chi connectivity index (χ3v) is 4.17. The van der Waals surface area contributed by atoms with Crippen LogP contribution in [0.15, 0.2) is 42.5 Å². The van der Waals surface area contributed by atoms with Gasteiger partial charge in [0, 0.05) is 12.1 Å². The van der Waals surface area contributed by atoms with E-state index in [9.17, 15) is 10.1 Å². The Labute approximate surface area is 169 Å². The zero-order valence-electron chi connectivity index (χ0n) is 16.4. The summed E-state index contributed by atoms with van der Waals surface area (Å²) in [5.74, 6) is 0.988. The average molecular weight is 397 g/mol. The number of amides is 1. The van der Waals surface area contributed by atoms with Gasteiger partial charge in [0.2, 0.25) is 5.91 Å². The highest BCUT2D eigenvalue weighted by molar-refractivity contribution is 5.97. The predicted octanol–water partition coefficient (Wildman–Crippen LogP) is 1.93. The summed E-state index contributed by atoms with van der Waals surface area (Å²) in [4.78, 5) is 12.1. The molecule has 0 aliphatic heterocycles. The van der Waals surface area contributed by atoms with Gasteiger partial charge in [-0.3, -0.25) is 4.79 Å². The molecule has 0 bridgehead atoms. The number of hydrogen-bond donors (Lipinski definition) is 3. The molecule has 0 spiro atoms. The second kappa shape index (κ2) is 10.1.